The van der Waals surface area contributed by atoms with Crippen LogP contribution in [0.5, 0.6) is 0 Å². The van der Waals surface area contributed by atoms with Gasteiger partial charge in [0.1, 0.15) is 4.21 Å². The molecule has 2 heterocycles. The molecule has 0 aromatic carbocycles. The first-order valence-corrected chi connectivity index (χ1v) is 9.61. The standard InChI is InChI=1S/C14H24N2O3S2/c1-4-12-10-19-11(2)9-16(12)21(17,18)14-6-5-13(20-14)7-8-15-3/h5-6,11-12,15H,4,7-10H2,1-3H3. The number of ether oxygens (including phenoxy) is 1. The average Bonchev–Trinajstić information content (AvgIpc) is 2.94. The molecule has 1 aromatic rings. The van der Waals surface area contributed by atoms with Crippen molar-refractivity contribution in [2.24, 2.45) is 0 Å². The van der Waals surface area contributed by atoms with Gasteiger partial charge in [-0.05, 0) is 45.5 Å². The Kier molecular flexibility index (Phi) is 5.79. The number of rotatable bonds is 6. The lowest BCUT2D eigenvalue weighted by Crippen LogP contribution is -2.50. The molecule has 1 N–H and O–H groups in total. The summed E-state index contributed by atoms with van der Waals surface area (Å²) in [4.78, 5) is 1.09. The van der Waals surface area contributed by atoms with E-state index in [2.05, 4.69) is 5.32 Å². The molecule has 1 saturated heterocycles. The van der Waals surface area contributed by atoms with Crippen LogP contribution >= 0.6 is 11.3 Å². The van der Waals surface area contributed by atoms with Crippen molar-refractivity contribution in [2.75, 3.05) is 26.7 Å². The normalized spacial score (nSPS) is 24.3. The third kappa shape index (κ3) is 3.84. The van der Waals surface area contributed by atoms with E-state index in [1.807, 2.05) is 27.0 Å². The molecule has 0 bridgehead atoms. The molecule has 5 nitrogen and oxygen atoms in total. The van der Waals surface area contributed by atoms with Gasteiger partial charge in [-0.2, -0.15) is 4.31 Å². The summed E-state index contributed by atoms with van der Waals surface area (Å²) in [6.45, 7) is 5.69. The van der Waals surface area contributed by atoms with Crippen molar-refractivity contribution in [3.8, 4) is 0 Å². The molecule has 21 heavy (non-hydrogen) atoms. The highest BCUT2D eigenvalue weighted by Gasteiger charge is 2.36. The van der Waals surface area contributed by atoms with Gasteiger partial charge >= 0.3 is 0 Å². The van der Waals surface area contributed by atoms with Gasteiger partial charge in [-0.1, -0.05) is 6.92 Å². The molecule has 2 atom stereocenters. The van der Waals surface area contributed by atoms with Gasteiger partial charge in [0.2, 0.25) is 0 Å². The number of morpholine rings is 1. The molecule has 2 unspecified atom stereocenters. The zero-order chi connectivity index (χ0) is 15.5. The van der Waals surface area contributed by atoms with Gasteiger partial charge in [-0.25, -0.2) is 8.42 Å². The van der Waals surface area contributed by atoms with Gasteiger partial charge in [0.15, 0.2) is 0 Å². The van der Waals surface area contributed by atoms with Crippen LogP contribution in [0.15, 0.2) is 16.3 Å². The Morgan fingerprint density at radius 1 is 1.48 bits per heavy atom. The first-order valence-electron chi connectivity index (χ1n) is 7.35. The lowest BCUT2D eigenvalue weighted by atomic mass is 10.2. The molecule has 2 rings (SSSR count). The number of nitrogens with one attached hydrogen (secondary N) is 1. The minimum atomic E-state index is -3.41. The van der Waals surface area contributed by atoms with Gasteiger partial charge < -0.3 is 10.1 Å². The highest BCUT2D eigenvalue weighted by Crippen LogP contribution is 2.29. The zero-order valence-corrected chi connectivity index (χ0v) is 14.5. The highest BCUT2D eigenvalue weighted by molar-refractivity contribution is 7.91. The molecule has 0 radical (unpaired) electrons. The monoisotopic (exact) mass is 332 g/mol. The van der Waals surface area contributed by atoms with Crippen LogP contribution in [-0.4, -0.2) is 51.6 Å². The van der Waals surface area contributed by atoms with E-state index >= 15 is 0 Å². The molecular weight excluding hydrogens is 308 g/mol. The molecular formula is C14H24N2O3S2. The second-order valence-corrected chi connectivity index (χ2v) is 8.64. The molecule has 1 aliphatic heterocycles. The predicted octanol–water partition coefficient (Wildman–Crippen LogP) is 1.70. The Balaban J connectivity index is 2.21. The van der Waals surface area contributed by atoms with E-state index in [0.29, 0.717) is 17.4 Å². The Bertz CT molecular complexity index is 556. The summed E-state index contributed by atoms with van der Waals surface area (Å²) >= 11 is 1.38. The van der Waals surface area contributed by atoms with Crippen molar-refractivity contribution in [2.45, 2.75) is 43.0 Å². The number of hydrogen-bond donors (Lipinski definition) is 1. The van der Waals surface area contributed by atoms with E-state index in [4.69, 9.17) is 4.74 Å². The minimum absolute atomic E-state index is 0.0497. The number of thiophene rings is 1. The molecule has 1 aliphatic rings. The summed E-state index contributed by atoms with van der Waals surface area (Å²) in [5, 5.41) is 3.08. The van der Waals surface area contributed by atoms with Crippen LogP contribution in [0.4, 0.5) is 0 Å². The molecule has 1 fully saturated rings. The van der Waals surface area contributed by atoms with Crippen molar-refractivity contribution >= 4 is 21.4 Å². The molecule has 0 amide bonds. The fraction of sp³-hybridized carbons (Fsp3) is 0.714. The van der Waals surface area contributed by atoms with E-state index in [1.54, 1.807) is 10.4 Å². The van der Waals surface area contributed by atoms with Crippen LogP contribution in [-0.2, 0) is 21.2 Å². The average molecular weight is 332 g/mol. The minimum Gasteiger partial charge on any atom is -0.375 e. The maximum absolute atomic E-state index is 12.9. The van der Waals surface area contributed by atoms with E-state index in [-0.39, 0.29) is 12.1 Å². The summed E-state index contributed by atoms with van der Waals surface area (Å²) in [5.74, 6) is 0. The largest absolute Gasteiger partial charge is 0.375 e. The van der Waals surface area contributed by atoms with Crippen molar-refractivity contribution in [1.29, 1.82) is 0 Å². The fourth-order valence-electron chi connectivity index (χ4n) is 2.42. The van der Waals surface area contributed by atoms with E-state index < -0.39 is 10.0 Å². The lowest BCUT2D eigenvalue weighted by molar-refractivity contribution is -0.0229. The van der Waals surface area contributed by atoms with Crippen molar-refractivity contribution in [3.05, 3.63) is 17.0 Å². The first kappa shape index (κ1) is 16.9. The number of sulfonamides is 1. The number of likely N-dealkylation sites (N-methyl/N-ethyl adjacent to an activating group) is 1. The highest BCUT2D eigenvalue weighted by atomic mass is 32.2. The van der Waals surface area contributed by atoms with Gasteiger partial charge in [0.25, 0.3) is 10.0 Å². The van der Waals surface area contributed by atoms with Crippen LogP contribution in [0.2, 0.25) is 0 Å². The third-order valence-electron chi connectivity index (χ3n) is 3.71. The molecule has 0 spiro atoms. The molecule has 7 heteroatoms. The van der Waals surface area contributed by atoms with Gasteiger partial charge in [-0.15, -0.1) is 11.3 Å². The van der Waals surface area contributed by atoms with E-state index in [1.165, 1.54) is 11.3 Å². The summed E-state index contributed by atoms with van der Waals surface area (Å²) in [6, 6.07) is 3.59. The zero-order valence-electron chi connectivity index (χ0n) is 12.8. The quantitative estimate of drug-likeness (QED) is 0.861. The number of nitrogens with zero attached hydrogens (tertiary/aromatic N) is 1. The summed E-state index contributed by atoms with van der Waals surface area (Å²) in [5.41, 5.74) is 0. The van der Waals surface area contributed by atoms with Gasteiger partial charge in [-0.3, -0.25) is 0 Å². The fourth-order valence-corrected chi connectivity index (χ4v) is 5.67. The van der Waals surface area contributed by atoms with Crippen LogP contribution in [0.3, 0.4) is 0 Å². The molecule has 1 aromatic heterocycles. The summed E-state index contributed by atoms with van der Waals surface area (Å²) in [7, 11) is -1.51. The predicted molar refractivity (Wildman–Crippen MR) is 85.3 cm³/mol. The van der Waals surface area contributed by atoms with E-state index in [9.17, 15) is 8.42 Å². The smallest absolute Gasteiger partial charge is 0.252 e. The van der Waals surface area contributed by atoms with Crippen molar-refractivity contribution in [1.82, 2.24) is 9.62 Å². The van der Waals surface area contributed by atoms with E-state index in [0.717, 1.165) is 24.3 Å². The topological polar surface area (TPSA) is 58.6 Å². The lowest BCUT2D eigenvalue weighted by Gasteiger charge is -2.36. The Labute approximate surface area is 131 Å². The second kappa shape index (κ2) is 7.19. The Morgan fingerprint density at radius 2 is 2.24 bits per heavy atom. The van der Waals surface area contributed by atoms with Gasteiger partial charge in [0, 0.05) is 17.5 Å². The van der Waals surface area contributed by atoms with Crippen LogP contribution in [0.25, 0.3) is 0 Å². The summed E-state index contributed by atoms with van der Waals surface area (Å²) in [6.07, 6.45) is 1.57. The van der Waals surface area contributed by atoms with Crippen LogP contribution in [0, 0.1) is 0 Å². The van der Waals surface area contributed by atoms with Gasteiger partial charge in [0.05, 0.1) is 12.7 Å². The second-order valence-electron chi connectivity index (χ2n) is 5.36. The number of hydrogen-bond acceptors (Lipinski definition) is 5. The Hall–Kier alpha value is -0.470. The summed E-state index contributed by atoms with van der Waals surface area (Å²) < 4.78 is 33.4. The maximum atomic E-state index is 12.9. The molecule has 0 aliphatic carbocycles. The van der Waals surface area contributed by atoms with Crippen molar-refractivity contribution in [3.63, 3.8) is 0 Å². The molecule has 120 valence electrons. The maximum Gasteiger partial charge on any atom is 0.252 e. The Morgan fingerprint density at radius 3 is 2.90 bits per heavy atom. The van der Waals surface area contributed by atoms with Crippen molar-refractivity contribution < 1.29 is 13.2 Å². The SMILES string of the molecule is CCC1COC(C)CN1S(=O)(=O)c1ccc(CCNC)s1. The third-order valence-corrected chi connectivity index (χ3v) is 7.24. The van der Waals surface area contributed by atoms with Crippen LogP contribution < -0.4 is 5.32 Å². The van der Waals surface area contributed by atoms with Crippen LogP contribution in [0.1, 0.15) is 25.1 Å². The molecule has 0 saturated carbocycles. The first-order chi connectivity index (χ1) is 9.98.